The summed E-state index contributed by atoms with van der Waals surface area (Å²) in [5.74, 6) is 7.32. The number of likely N-dealkylation sites (tertiary alicyclic amines) is 1. The van der Waals surface area contributed by atoms with E-state index in [-0.39, 0.29) is 0 Å². The van der Waals surface area contributed by atoms with E-state index < -0.39 is 0 Å². The van der Waals surface area contributed by atoms with Crippen LogP contribution in [0.25, 0.3) is 0 Å². The van der Waals surface area contributed by atoms with Crippen LogP contribution in [0.1, 0.15) is 39.0 Å². The highest BCUT2D eigenvalue weighted by Gasteiger charge is 2.36. The lowest BCUT2D eigenvalue weighted by Crippen LogP contribution is -2.48. The quantitative estimate of drug-likeness (QED) is 0.295. The molecule has 0 radical (unpaired) electrons. The molecule has 1 heterocycles. The Kier molecular flexibility index (Phi) is 3.46. The monoisotopic (exact) mass is 210 g/mol. The first-order chi connectivity index (χ1) is 7.36. The SMILES string of the molecule is CCN=C(NN)N1CCC2CCCCC21. The number of guanidine groups is 1. The normalized spacial score (nSPS) is 31.6. The smallest absolute Gasteiger partial charge is 0.208 e. The van der Waals surface area contributed by atoms with E-state index in [1.54, 1.807) is 0 Å². The van der Waals surface area contributed by atoms with Crippen molar-refractivity contribution < 1.29 is 0 Å². The minimum atomic E-state index is 0.695. The van der Waals surface area contributed by atoms with Gasteiger partial charge in [-0.1, -0.05) is 12.8 Å². The molecule has 1 saturated carbocycles. The molecule has 4 heteroatoms. The molecule has 0 bridgehead atoms. The number of nitrogens with two attached hydrogens (primary N) is 1. The van der Waals surface area contributed by atoms with Crippen molar-refractivity contribution in [2.45, 2.75) is 45.1 Å². The standard InChI is InChI=1S/C11H22N4/c1-2-13-11(14-12)15-8-7-9-5-3-4-6-10(9)15/h9-10H,2-8,12H2,1H3,(H,13,14). The zero-order chi connectivity index (χ0) is 10.7. The predicted molar refractivity (Wildman–Crippen MR) is 62.4 cm³/mol. The van der Waals surface area contributed by atoms with Crippen molar-refractivity contribution in [1.82, 2.24) is 10.3 Å². The van der Waals surface area contributed by atoms with Gasteiger partial charge in [-0.25, -0.2) is 5.84 Å². The van der Waals surface area contributed by atoms with Gasteiger partial charge >= 0.3 is 0 Å². The third-order valence-electron chi connectivity index (χ3n) is 3.72. The molecule has 0 spiro atoms. The average molecular weight is 210 g/mol. The third kappa shape index (κ3) is 2.09. The molecule has 4 nitrogen and oxygen atoms in total. The van der Waals surface area contributed by atoms with Crippen LogP contribution in [-0.2, 0) is 0 Å². The van der Waals surface area contributed by atoms with Crippen LogP contribution in [0.4, 0.5) is 0 Å². The Morgan fingerprint density at radius 3 is 2.93 bits per heavy atom. The second-order valence-electron chi connectivity index (χ2n) is 4.54. The fraction of sp³-hybridized carbons (Fsp3) is 0.909. The number of rotatable bonds is 1. The summed E-state index contributed by atoms with van der Waals surface area (Å²) in [6.45, 7) is 3.97. The Labute approximate surface area is 91.9 Å². The van der Waals surface area contributed by atoms with Gasteiger partial charge in [0, 0.05) is 19.1 Å². The Balaban J connectivity index is 2.06. The molecule has 2 atom stereocenters. The van der Waals surface area contributed by atoms with E-state index in [1.165, 1.54) is 32.1 Å². The van der Waals surface area contributed by atoms with E-state index in [9.17, 15) is 0 Å². The second-order valence-corrected chi connectivity index (χ2v) is 4.54. The van der Waals surface area contributed by atoms with Gasteiger partial charge in [0.25, 0.3) is 0 Å². The number of aliphatic imine (C=N–C) groups is 1. The number of hydrogen-bond donors (Lipinski definition) is 2. The molecular weight excluding hydrogens is 188 g/mol. The number of fused-ring (bicyclic) bond motifs is 1. The summed E-state index contributed by atoms with van der Waals surface area (Å²) in [4.78, 5) is 6.80. The van der Waals surface area contributed by atoms with Crippen LogP contribution in [0.3, 0.4) is 0 Å². The van der Waals surface area contributed by atoms with Gasteiger partial charge in [0.05, 0.1) is 0 Å². The summed E-state index contributed by atoms with van der Waals surface area (Å²) in [6, 6.07) is 0.695. The predicted octanol–water partition coefficient (Wildman–Crippen LogP) is 1.09. The van der Waals surface area contributed by atoms with Crippen molar-refractivity contribution in [2.24, 2.45) is 16.8 Å². The molecule has 3 N–H and O–H groups in total. The molecule has 1 saturated heterocycles. The van der Waals surface area contributed by atoms with E-state index in [0.29, 0.717) is 6.04 Å². The van der Waals surface area contributed by atoms with E-state index in [4.69, 9.17) is 5.84 Å². The van der Waals surface area contributed by atoms with Gasteiger partial charge < -0.3 is 4.90 Å². The van der Waals surface area contributed by atoms with Crippen LogP contribution in [0, 0.1) is 5.92 Å². The molecular formula is C11H22N4. The first-order valence-electron chi connectivity index (χ1n) is 6.14. The molecule has 86 valence electrons. The Bertz CT molecular complexity index is 239. The summed E-state index contributed by atoms with van der Waals surface area (Å²) < 4.78 is 0. The van der Waals surface area contributed by atoms with E-state index in [1.807, 2.05) is 6.92 Å². The first-order valence-corrected chi connectivity index (χ1v) is 6.14. The fourth-order valence-corrected chi connectivity index (χ4v) is 3.04. The van der Waals surface area contributed by atoms with Crippen molar-refractivity contribution in [3.05, 3.63) is 0 Å². The number of nitrogens with one attached hydrogen (secondary N) is 1. The largest absolute Gasteiger partial charge is 0.339 e. The minimum Gasteiger partial charge on any atom is -0.339 e. The van der Waals surface area contributed by atoms with Crippen LogP contribution < -0.4 is 11.3 Å². The van der Waals surface area contributed by atoms with Gasteiger partial charge in [0.15, 0.2) is 0 Å². The molecule has 15 heavy (non-hydrogen) atoms. The maximum atomic E-state index is 5.54. The molecule has 1 aliphatic heterocycles. The number of nitrogens with zero attached hydrogens (tertiary/aromatic N) is 2. The number of hydrazine groups is 1. The summed E-state index contributed by atoms with van der Waals surface area (Å²) in [5, 5.41) is 0. The number of hydrogen-bond acceptors (Lipinski definition) is 2. The zero-order valence-corrected chi connectivity index (χ0v) is 9.58. The Morgan fingerprint density at radius 1 is 1.40 bits per heavy atom. The van der Waals surface area contributed by atoms with Gasteiger partial charge in [-0.05, 0) is 32.1 Å². The molecule has 2 rings (SSSR count). The summed E-state index contributed by atoms with van der Waals surface area (Å²) in [7, 11) is 0. The third-order valence-corrected chi connectivity index (χ3v) is 3.72. The highest BCUT2D eigenvalue weighted by atomic mass is 15.4. The summed E-state index contributed by atoms with van der Waals surface area (Å²) in [5.41, 5.74) is 2.75. The van der Waals surface area contributed by atoms with Gasteiger partial charge in [0.1, 0.15) is 0 Å². The summed E-state index contributed by atoms with van der Waals surface area (Å²) >= 11 is 0. The maximum absolute atomic E-state index is 5.54. The molecule has 0 aromatic carbocycles. The molecule has 2 unspecified atom stereocenters. The van der Waals surface area contributed by atoms with Crippen LogP contribution in [0.15, 0.2) is 4.99 Å². The molecule has 2 aliphatic rings. The molecule has 0 aromatic heterocycles. The topological polar surface area (TPSA) is 53.6 Å². The lowest BCUT2D eigenvalue weighted by Gasteiger charge is -2.33. The van der Waals surface area contributed by atoms with Gasteiger partial charge in [-0.3, -0.25) is 10.4 Å². The van der Waals surface area contributed by atoms with E-state index in [0.717, 1.165) is 25.0 Å². The lowest BCUT2D eigenvalue weighted by atomic mass is 9.85. The average Bonchev–Trinajstić information content (AvgIpc) is 2.70. The molecule has 0 amide bonds. The van der Waals surface area contributed by atoms with Crippen molar-refractivity contribution >= 4 is 5.96 Å². The molecule has 2 fully saturated rings. The Hall–Kier alpha value is -0.770. The van der Waals surface area contributed by atoms with E-state index >= 15 is 0 Å². The minimum absolute atomic E-state index is 0.695. The fourth-order valence-electron chi connectivity index (χ4n) is 3.04. The van der Waals surface area contributed by atoms with Crippen molar-refractivity contribution in [3.63, 3.8) is 0 Å². The zero-order valence-electron chi connectivity index (χ0n) is 9.58. The van der Waals surface area contributed by atoms with Gasteiger partial charge in [0.2, 0.25) is 5.96 Å². The molecule has 0 aromatic rings. The highest BCUT2D eigenvalue weighted by Crippen LogP contribution is 2.35. The van der Waals surface area contributed by atoms with Crippen molar-refractivity contribution in [3.8, 4) is 0 Å². The molecule has 1 aliphatic carbocycles. The maximum Gasteiger partial charge on any atom is 0.208 e. The van der Waals surface area contributed by atoms with Gasteiger partial charge in [-0.2, -0.15) is 0 Å². The second kappa shape index (κ2) is 4.84. The van der Waals surface area contributed by atoms with Crippen LogP contribution >= 0.6 is 0 Å². The first kappa shape index (κ1) is 10.7. The van der Waals surface area contributed by atoms with Crippen LogP contribution in [0.5, 0.6) is 0 Å². The van der Waals surface area contributed by atoms with E-state index in [2.05, 4.69) is 15.3 Å². The lowest BCUT2D eigenvalue weighted by molar-refractivity contribution is 0.249. The van der Waals surface area contributed by atoms with Crippen LogP contribution in [0.2, 0.25) is 0 Å². The Morgan fingerprint density at radius 2 is 2.20 bits per heavy atom. The highest BCUT2D eigenvalue weighted by molar-refractivity contribution is 5.80. The van der Waals surface area contributed by atoms with Crippen LogP contribution in [-0.4, -0.2) is 30.0 Å². The van der Waals surface area contributed by atoms with Crippen molar-refractivity contribution in [2.75, 3.05) is 13.1 Å². The van der Waals surface area contributed by atoms with Gasteiger partial charge in [-0.15, -0.1) is 0 Å². The summed E-state index contributed by atoms with van der Waals surface area (Å²) in [6.07, 6.45) is 6.79. The van der Waals surface area contributed by atoms with Crippen molar-refractivity contribution in [1.29, 1.82) is 0 Å².